The third-order valence-electron chi connectivity index (χ3n) is 4.87. The molecule has 2 aromatic carbocycles. The van der Waals surface area contributed by atoms with Gasteiger partial charge in [0.15, 0.2) is 0 Å². The lowest BCUT2D eigenvalue weighted by Crippen LogP contribution is -2.34. The Bertz CT molecular complexity index is 707. The fraction of sp³-hybridized carbons (Fsp3) is 0.381. The summed E-state index contributed by atoms with van der Waals surface area (Å²) in [6.07, 6.45) is 0. The molecule has 1 amide bonds. The predicted molar refractivity (Wildman–Crippen MR) is 101 cm³/mol. The van der Waals surface area contributed by atoms with Crippen LogP contribution in [0.3, 0.4) is 0 Å². The van der Waals surface area contributed by atoms with Crippen molar-refractivity contribution >= 4 is 5.91 Å². The number of hydrogen-bond acceptors (Lipinski definition) is 3. The zero-order valence-corrected chi connectivity index (χ0v) is 15.2. The third-order valence-corrected chi connectivity index (χ3v) is 4.87. The second-order valence-electron chi connectivity index (χ2n) is 7.13. The van der Waals surface area contributed by atoms with Gasteiger partial charge in [-0.2, -0.15) is 0 Å². The van der Waals surface area contributed by atoms with Crippen molar-refractivity contribution in [1.82, 2.24) is 16.2 Å². The molecule has 0 radical (unpaired) electrons. The minimum absolute atomic E-state index is 0.00363. The normalized spacial score (nSPS) is 20.0. The van der Waals surface area contributed by atoms with Gasteiger partial charge in [0, 0.05) is 13.1 Å². The van der Waals surface area contributed by atoms with Gasteiger partial charge >= 0.3 is 0 Å². The number of rotatable bonds is 5. The molecule has 4 nitrogen and oxygen atoms in total. The molecule has 2 atom stereocenters. The summed E-state index contributed by atoms with van der Waals surface area (Å²) in [5.74, 6) is 0.489. The first-order valence-electron chi connectivity index (χ1n) is 8.96. The summed E-state index contributed by atoms with van der Waals surface area (Å²) in [6.45, 7) is 7.63. The van der Waals surface area contributed by atoms with Crippen molar-refractivity contribution < 1.29 is 4.79 Å². The number of carbonyl (C=O) groups excluding carboxylic acids is 1. The van der Waals surface area contributed by atoms with E-state index in [4.69, 9.17) is 0 Å². The lowest BCUT2D eigenvalue weighted by molar-refractivity contribution is -0.125. The van der Waals surface area contributed by atoms with Crippen LogP contribution >= 0.6 is 0 Å². The fourth-order valence-corrected chi connectivity index (χ4v) is 3.17. The average Bonchev–Trinajstić information content (AvgIpc) is 3.10. The Morgan fingerprint density at radius 3 is 2.44 bits per heavy atom. The minimum Gasteiger partial charge on any atom is -0.352 e. The van der Waals surface area contributed by atoms with Crippen molar-refractivity contribution in [2.24, 2.45) is 5.92 Å². The fourth-order valence-electron chi connectivity index (χ4n) is 3.17. The molecule has 132 valence electrons. The van der Waals surface area contributed by atoms with Gasteiger partial charge in [-0.1, -0.05) is 67.9 Å². The Morgan fingerprint density at radius 2 is 1.80 bits per heavy atom. The number of hydrogen-bond donors (Lipinski definition) is 3. The van der Waals surface area contributed by atoms with Gasteiger partial charge in [0.05, 0.1) is 12.0 Å². The Morgan fingerprint density at radius 1 is 1.12 bits per heavy atom. The molecule has 3 N–H and O–H groups in total. The molecule has 4 heteroatoms. The van der Waals surface area contributed by atoms with Crippen LogP contribution in [0.15, 0.2) is 48.5 Å². The van der Waals surface area contributed by atoms with Gasteiger partial charge in [-0.05, 0) is 29.5 Å². The van der Waals surface area contributed by atoms with E-state index in [0.717, 1.165) is 11.1 Å². The average molecular weight is 337 g/mol. The standard InChI is InChI=1S/C21H27N3O/c1-14(2)17-10-6-16(7-11-17)12-22-21(25)19-13-23-24-20(19)18-8-4-15(3)5-9-18/h4-11,14,19-20,23-24H,12-13H2,1-3H3,(H,22,25). The van der Waals surface area contributed by atoms with E-state index in [1.54, 1.807) is 0 Å². The first-order chi connectivity index (χ1) is 12.0. The van der Waals surface area contributed by atoms with Crippen molar-refractivity contribution in [1.29, 1.82) is 0 Å². The number of carbonyl (C=O) groups is 1. The van der Waals surface area contributed by atoms with Crippen LogP contribution in [-0.2, 0) is 11.3 Å². The molecule has 1 aliphatic rings. The molecule has 1 saturated heterocycles. The second kappa shape index (κ2) is 7.81. The van der Waals surface area contributed by atoms with Crippen LogP contribution in [0.4, 0.5) is 0 Å². The van der Waals surface area contributed by atoms with E-state index in [1.807, 2.05) is 0 Å². The highest BCUT2D eigenvalue weighted by Gasteiger charge is 2.33. The number of amides is 1. The largest absolute Gasteiger partial charge is 0.352 e. The molecule has 3 rings (SSSR count). The third kappa shape index (κ3) is 4.27. The van der Waals surface area contributed by atoms with Crippen LogP contribution in [0.1, 0.15) is 48.1 Å². The van der Waals surface area contributed by atoms with E-state index < -0.39 is 0 Å². The number of hydrazine groups is 1. The van der Waals surface area contributed by atoms with Gasteiger partial charge in [-0.15, -0.1) is 0 Å². The highest BCUT2D eigenvalue weighted by molar-refractivity contribution is 5.80. The van der Waals surface area contributed by atoms with Crippen molar-refractivity contribution in [3.8, 4) is 0 Å². The van der Waals surface area contributed by atoms with Gasteiger partial charge in [-0.25, -0.2) is 5.43 Å². The van der Waals surface area contributed by atoms with Crippen LogP contribution in [0, 0.1) is 12.8 Å². The molecule has 0 saturated carbocycles. The zero-order valence-electron chi connectivity index (χ0n) is 15.2. The quantitative estimate of drug-likeness (QED) is 0.785. The van der Waals surface area contributed by atoms with E-state index in [1.165, 1.54) is 11.1 Å². The smallest absolute Gasteiger partial charge is 0.226 e. The van der Waals surface area contributed by atoms with Gasteiger partial charge in [0.1, 0.15) is 0 Å². The Hall–Kier alpha value is -2.17. The molecule has 25 heavy (non-hydrogen) atoms. The molecule has 1 fully saturated rings. The van der Waals surface area contributed by atoms with Gasteiger partial charge in [-0.3, -0.25) is 10.2 Å². The second-order valence-corrected chi connectivity index (χ2v) is 7.13. The van der Waals surface area contributed by atoms with Crippen molar-refractivity contribution in [3.63, 3.8) is 0 Å². The highest BCUT2D eigenvalue weighted by Crippen LogP contribution is 2.25. The Balaban J connectivity index is 1.61. The highest BCUT2D eigenvalue weighted by atomic mass is 16.2. The molecule has 0 bridgehead atoms. The molecule has 2 unspecified atom stereocenters. The van der Waals surface area contributed by atoms with Crippen LogP contribution in [0.25, 0.3) is 0 Å². The molecular formula is C21H27N3O. The van der Waals surface area contributed by atoms with E-state index >= 15 is 0 Å². The van der Waals surface area contributed by atoms with E-state index in [9.17, 15) is 4.79 Å². The van der Waals surface area contributed by atoms with Crippen LogP contribution in [-0.4, -0.2) is 12.5 Å². The molecule has 2 aromatic rings. The molecule has 1 heterocycles. The van der Waals surface area contributed by atoms with E-state index in [0.29, 0.717) is 19.0 Å². The predicted octanol–water partition coefficient (Wildman–Crippen LogP) is 3.20. The number of benzene rings is 2. The summed E-state index contributed by atoms with van der Waals surface area (Å²) in [5.41, 5.74) is 11.2. The summed E-state index contributed by atoms with van der Waals surface area (Å²) in [7, 11) is 0. The van der Waals surface area contributed by atoms with Gasteiger partial charge < -0.3 is 5.32 Å². The summed E-state index contributed by atoms with van der Waals surface area (Å²) in [5, 5.41) is 3.08. The molecule has 1 aliphatic heterocycles. The topological polar surface area (TPSA) is 53.2 Å². The van der Waals surface area contributed by atoms with Gasteiger partial charge in [0.25, 0.3) is 0 Å². The van der Waals surface area contributed by atoms with Gasteiger partial charge in [0.2, 0.25) is 5.91 Å². The minimum atomic E-state index is -0.113. The van der Waals surface area contributed by atoms with Crippen LogP contribution < -0.4 is 16.2 Å². The van der Waals surface area contributed by atoms with Crippen molar-refractivity contribution in [3.05, 3.63) is 70.8 Å². The molecule has 0 aliphatic carbocycles. The summed E-state index contributed by atoms with van der Waals surface area (Å²) >= 11 is 0. The summed E-state index contributed by atoms with van der Waals surface area (Å²) in [6, 6.07) is 16.8. The number of aryl methyl sites for hydroxylation is 1. The first-order valence-corrected chi connectivity index (χ1v) is 8.96. The monoisotopic (exact) mass is 337 g/mol. The lowest BCUT2D eigenvalue weighted by atomic mass is 9.93. The van der Waals surface area contributed by atoms with Crippen molar-refractivity contribution in [2.75, 3.05) is 6.54 Å². The lowest BCUT2D eigenvalue weighted by Gasteiger charge is -2.19. The molecular weight excluding hydrogens is 310 g/mol. The molecule has 0 aromatic heterocycles. The van der Waals surface area contributed by atoms with Crippen LogP contribution in [0.2, 0.25) is 0 Å². The Labute approximate surface area is 150 Å². The number of nitrogens with one attached hydrogen (secondary N) is 3. The first kappa shape index (κ1) is 17.6. The zero-order chi connectivity index (χ0) is 17.8. The summed E-state index contributed by atoms with van der Waals surface area (Å²) in [4.78, 5) is 12.7. The van der Waals surface area contributed by atoms with E-state index in [2.05, 4.69) is 85.5 Å². The maximum absolute atomic E-state index is 12.7. The maximum atomic E-state index is 12.7. The molecule has 0 spiro atoms. The Kier molecular flexibility index (Phi) is 5.51. The van der Waals surface area contributed by atoms with Crippen molar-refractivity contribution in [2.45, 2.75) is 39.3 Å². The maximum Gasteiger partial charge on any atom is 0.226 e. The summed E-state index contributed by atoms with van der Waals surface area (Å²) < 4.78 is 0. The van der Waals surface area contributed by atoms with Crippen LogP contribution in [0.5, 0.6) is 0 Å². The van der Waals surface area contributed by atoms with E-state index in [-0.39, 0.29) is 17.9 Å². The SMILES string of the molecule is Cc1ccc(C2NNCC2C(=O)NCc2ccc(C(C)C)cc2)cc1.